The predicted molar refractivity (Wildman–Crippen MR) is 115 cm³/mol. The van der Waals surface area contributed by atoms with E-state index in [9.17, 15) is 4.79 Å². The number of rotatable bonds is 7. The van der Waals surface area contributed by atoms with Gasteiger partial charge in [-0.3, -0.25) is 0 Å². The van der Waals surface area contributed by atoms with Gasteiger partial charge in [-0.15, -0.1) is 11.3 Å². The number of nitrogens with zero attached hydrogens (tertiary/aromatic N) is 3. The minimum absolute atomic E-state index is 0.225. The van der Waals surface area contributed by atoms with E-state index in [2.05, 4.69) is 44.5 Å². The maximum absolute atomic E-state index is 12.4. The van der Waals surface area contributed by atoms with Crippen LogP contribution in [0.15, 0.2) is 30.6 Å². The highest BCUT2D eigenvalue weighted by atomic mass is 32.1. The number of ether oxygens (including phenoxy) is 2. The molecule has 3 aromatic rings. The molecule has 1 aliphatic rings. The summed E-state index contributed by atoms with van der Waals surface area (Å²) < 4.78 is 10.2. The smallest absolute Gasteiger partial charge is 0.348 e. The van der Waals surface area contributed by atoms with Crippen molar-refractivity contribution in [2.24, 2.45) is 0 Å². The highest BCUT2D eigenvalue weighted by molar-refractivity contribution is 7.20. The third kappa shape index (κ3) is 4.18. The molecule has 0 aliphatic carbocycles. The van der Waals surface area contributed by atoms with E-state index in [0.717, 1.165) is 34.6 Å². The van der Waals surface area contributed by atoms with Crippen LogP contribution in [0.5, 0.6) is 0 Å². The van der Waals surface area contributed by atoms with E-state index in [4.69, 9.17) is 9.47 Å². The molecule has 1 saturated heterocycles. The zero-order valence-corrected chi connectivity index (χ0v) is 17.4. The Kier molecular flexibility index (Phi) is 5.92. The number of methoxy groups -OCH3 is 1. The second kappa shape index (κ2) is 8.75. The van der Waals surface area contributed by atoms with Gasteiger partial charge in [-0.05, 0) is 49.6 Å². The number of carbonyl (C=O) groups is 1. The molecule has 8 heteroatoms. The molecule has 0 radical (unpaired) electrons. The molecular formula is C21H24N4O3S. The molecule has 4 rings (SSSR count). The Bertz CT molecular complexity index is 997. The van der Waals surface area contributed by atoms with Gasteiger partial charge in [-0.1, -0.05) is 0 Å². The maximum Gasteiger partial charge on any atom is 0.348 e. The van der Waals surface area contributed by atoms with Gasteiger partial charge < -0.3 is 19.7 Å². The summed E-state index contributed by atoms with van der Waals surface area (Å²) in [5.74, 6) is 0.331. The van der Waals surface area contributed by atoms with Crippen LogP contribution in [0.2, 0.25) is 0 Å². The Morgan fingerprint density at radius 2 is 1.93 bits per heavy atom. The molecule has 1 aliphatic heterocycles. The predicted octanol–water partition coefficient (Wildman–Crippen LogP) is 4.15. The number of hydrogen-bond acceptors (Lipinski definition) is 8. The third-order valence-corrected chi connectivity index (χ3v) is 6.21. The van der Waals surface area contributed by atoms with Crippen LogP contribution in [0, 0.1) is 6.92 Å². The number of aryl methyl sites for hydroxylation is 1. The van der Waals surface area contributed by atoms with E-state index in [1.807, 2.05) is 6.92 Å². The van der Waals surface area contributed by atoms with Crippen molar-refractivity contribution < 1.29 is 14.3 Å². The summed E-state index contributed by atoms with van der Waals surface area (Å²) in [5, 5.41) is 4.22. The summed E-state index contributed by atoms with van der Waals surface area (Å²) in [4.78, 5) is 24.9. The topological polar surface area (TPSA) is 76.6 Å². The highest BCUT2D eigenvalue weighted by Gasteiger charge is 2.20. The first kappa shape index (κ1) is 19.6. The largest absolute Gasteiger partial charge is 0.459 e. The molecule has 29 heavy (non-hydrogen) atoms. The van der Waals surface area contributed by atoms with Gasteiger partial charge in [0.1, 0.15) is 28.5 Å². The number of anilines is 3. The number of benzene rings is 1. The Balaban J connectivity index is 1.56. The van der Waals surface area contributed by atoms with Gasteiger partial charge in [-0.2, -0.15) is 0 Å². The molecular weight excluding hydrogens is 388 g/mol. The number of nitrogens with one attached hydrogen (secondary N) is 1. The van der Waals surface area contributed by atoms with E-state index in [0.29, 0.717) is 17.3 Å². The summed E-state index contributed by atoms with van der Waals surface area (Å²) in [5.41, 5.74) is 3.01. The number of fused-ring (bicyclic) bond motifs is 1. The SMILES string of the molecule is COCCOC(=O)c1sc2ncnc(Nc3ccc(N4CCCC4)cc3)c2c1C. The molecule has 0 atom stereocenters. The summed E-state index contributed by atoms with van der Waals surface area (Å²) in [6.07, 6.45) is 4.03. The average Bonchev–Trinajstić information content (AvgIpc) is 3.38. The molecule has 1 aromatic carbocycles. The van der Waals surface area contributed by atoms with Crippen molar-refractivity contribution in [2.75, 3.05) is 43.6 Å². The van der Waals surface area contributed by atoms with Crippen molar-refractivity contribution >= 4 is 44.7 Å². The van der Waals surface area contributed by atoms with Crippen LogP contribution in [0.25, 0.3) is 10.2 Å². The number of thiophene rings is 1. The van der Waals surface area contributed by atoms with Crippen molar-refractivity contribution in [3.05, 3.63) is 41.0 Å². The van der Waals surface area contributed by atoms with Gasteiger partial charge in [0.05, 0.1) is 12.0 Å². The first-order valence-corrected chi connectivity index (χ1v) is 10.5. The average molecular weight is 413 g/mol. The molecule has 2 aromatic heterocycles. The van der Waals surface area contributed by atoms with Crippen LogP contribution in [0.4, 0.5) is 17.2 Å². The first-order valence-electron chi connectivity index (χ1n) is 9.69. The highest BCUT2D eigenvalue weighted by Crippen LogP contribution is 2.35. The Labute approximate surface area is 173 Å². The minimum Gasteiger partial charge on any atom is -0.459 e. The zero-order valence-electron chi connectivity index (χ0n) is 16.6. The van der Waals surface area contributed by atoms with Gasteiger partial charge in [0, 0.05) is 31.6 Å². The maximum atomic E-state index is 12.4. The third-order valence-electron chi connectivity index (χ3n) is 5.03. The van der Waals surface area contributed by atoms with E-state index < -0.39 is 0 Å². The van der Waals surface area contributed by atoms with Gasteiger partial charge >= 0.3 is 5.97 Å². The molecule has 1 fully saturated rings. The van der Waals surface area contributed by atoms with E-state index >= 15 is 0 Å². The zero-order chi connectivity index (χ0) is 20.2. The quantitative estimate of drug-likeness (QED) is 0.461. The second-order valence-electron chi connectivity index (χ2n) is 6.95. The van der Waals surface area contributed by atoms with Crippen molar-refractivity contribution in [3.63, 3.8) is 0 Å². The lowest BCUT2D eigenvalue weighted by Gasteiger charge is -2.18. The number of aromatic nitrogens is 2. The van der Waals surface area contributed by atoms with Gasteiger partial charge in [0.25, 0.3) is 0 Å². The molecule has 3 heterocycles. The molecule has 0 amide bonds. The molecule has 0 saturated carbocycles. The normalized spacial score (nSPS) is 13.8. The van der Waals surface area contributed by atoms with Gasteiger partial charge in [0.2, 0.25) is 0 Å². The van der Waals surface area contributed by atoms with E-state index in [1.54, 1.807) is 7.11 Å². The summed E-state index contributed by atoms with van der Waals surface area (Å²) in [7, 11) is 1.57. The lowest BCUT2D eigenvalue weighted by atomic mass is 10.2. The molecule has 0 unspecified atom stereocenters. The monoisotopic (exact) mass is 412 g/mol. The van der Waals surface area contributed by atoms with Crippen LogP contribution in [-0.2, 0) is 9.47 Å². The number of esters is 1. The Hall–Kier alpha value is -2.71. The van der Waals surface area contributed by atoms with Crippen LogP contribution < -0.4 is 10.2 Å². The molecule has 0 spiro atoms. The second-order valence-corrected chi connectivity index (χ2v) is 7.95. The van der Waals surface area contributed by atoms with Crippen LogP contribution in [-0.4, -0.2) is 49.4 Å². The summed E-state index contributed by atoms with van der Waals surface area (Å²) >= 11 is 1.32. The van der Waals surface area contributed by atoms with E-state index in [-0.39, 0.29) is 12.6 Å². The minimum atomic E-state index is -0.358. The molecule has 7 nitrogen and oxygen atoms in total. The van der Waals surface area contributed by atoms with Crippen LogP contribution in [0.3, 0.4) is 0 Å². The van der Waals surface area contributed by atoms with Crippen molar-refractivity contribution in [3.8, 4) is 0 Å². The van der Waals surface area contributed by atoms with Crippen molar-refractivity contribution in [1.82, 2.24) is 9.97 Å². The molecule has 0 bridgehead atoms. The number of carbonyl (C=O) groups excluding carboxylic acids is 1. The van der Waals surface area contributed by atoms with E-state index in [1.165, 1.54) is 36.2 Å². The fourth-order valence-corrected chi connectivity index (χ4v) is 4.55. The fourth-order valence-electron chi connectivity index (χ4n) is 3.51. The molecule has 1 N–H and O–H groups in total. The van der Waals surface area contributed by atoms with Gasteiger partial charge in [-0.25, -0.2) is 14.8 Å². The Morgan fingerprint density at radius 1 is 1.17 bits per heavy atom. The lowest BCUT2D eigenvalue weighted by Crippen LogP contribution is -2.17. The van der Waals surface area contributed by atoms with Crippen LogP contribution in [0.1, 0.15) is 28.1 Å². The summed E-state index contributed by atoms with van der Waals surface area (Å²) in [6, 6.07) is 8.38. The first-order chi connectivity index (χ1) is 14.2. The Morgan fingerprint density at radius 3 is 2.66 bits per heavy atom. The lowest BCUT2D eigenvalue weighted by molar-refractivity contribution is 0.0393. The standard InChI is InChI=1S/C21H24N4O3S/c1-14-17-19(24-15-5-7-16(8-6-15)25-9-3-4-10-25)22-13-23-20(17)29-18(14)21(26)28-12-11-27-2/h5-8,13H,3-4,9-12H2,1-2H3,(H,22,23,24). The number of hydrogen-bond donors (Lipinski definition) is 1. The molecule has 152 valence electrons. The van der Waals surface area contributed by atoms with Gasteiger partial charge in [0.15, 0.2) is 0 Å². The van der Waals surface area contributed by atoms with Crippen LogP contribution >= 0.6 is 11.3 Å². The van der Waals surface area contributed by atoms with Crippen molar-refractivity contribution in [2.45, 2.75) is 19.8 Å². The fraction of sp³-hybridized carbons (Fsp3) is 0.381. The van der Waals surface area contributed by atoms with Crippen molar-refractivity contribution in [1.29, 1.82) is 0 Å². The summed E-state index contributed by atoms with van der Waals surface area (Å²) in [6.45, 7) is 4.74.